The van der Waals surface area contributed by atoms with Crippen molar-refractivity contribution in [2.45, 2.75) is 12.0 Å². The summed E-state index contributed by atoms with van der Waals surface area (Å²) in [7, 11) is 0. The van der Waals surface area contributed by atoms with Gasteiger partial charge in [0.1, 0.15) is 0 Å². The van der Waals surface area contributed by atoms with E-state index in [1.165, 1.54) is 0 Å². The van der Waals surface area contributed by atoms with Crippen LogP contribution in [0.2, 0.25) is 0 Å². The molecule has 0 spiro atoms. The lowest BCUT2D eigenvalue weighted by Crippen LogP contribution is -2.13. The second-order valence-electron chi connectivity index (χ2n) is 4.91. The lowest BCUT2D eigenvalue weighted by molar-refractivity contribution is 0.158. The van der Waals surface area contributed by atoms with Crippen LogP contribution in [-0.4, -0.2) is 15.1 Å². The molecule has 3 rings (SSSR count). The summed E-state index contributed by atoms with van der Waals surface area (Å²) in [5, 5.41) is 10.8. The van der Waals surface area contributed by atoms with E-state index in [9.17, 15) is 5.11 Å². The minimum absolute atomic E-state index is 0.163. The summed E-state index contributed by atoms with van der Waals surface area (Å²) < 4.78 is 0. The van der Waals surface area contributed by atoms with Crippen LogP contribution in [0.5, 0.6) is 0 Å². The van der Waals surface area contributed by atoms with Crippen LogP contribution in [0, 0.1) is 0 Å². The van der Waals surface area contributed by atoms with Crippen molar-refractivity contribution in [2.75, 3.05) is 0 Å². The minimum atomic E-state index is -0.662. The van der Waals surface area contributed by atoms with Crippen molar-refractivity contribution >= 4 is 0 Å². The van der Waals surface area contributed by atoms with Gasteiger partial charge >= 0.3 is 0 Å². The first kappa shape index (κ1) is 13.5. The summed E-state index contributed by atoms with van der Waals surface area (Å²) in [6.07, 6.45) is 6.29. The fourth-order valence-corrected chi connectivity index (χ4v) is 2.52. The average Bonchev–Trinajstić information content (AvgIpc) is 2.58. The zero-order valence-electron chi connectivity index (χ0n) is 11.5. The van der Waals surface area contributed by atoms with E-state index in [0.29, 0.717) is 0 Å². The number of aromatic nitrogens is 2. The van der Waals surface area contributed by atoms with Crippen LogP contribution in [-0.2, 0) is 0 Å². The fraction of sp³-hybridized carbons (Fsp3) is 0.111. The van der Waals surface area contributed by atoms with Crippen LogP contribution >= 0.6 is 0 Å². The number of hydrogen-bond donors (Lipinski definition) is 1. The lowest BCUT2D eigenvalue weighted by atomic mass is 9.85. The quantitative estimate of drug-likeness (QED) is 0.795. The Kier molecular flexibility index (Phi) is 4.03. The molecule has 0 radical (unpaired) electrons. The Hall–Kier alpha value is -2.52. The molecule has 0 saturated carbocycles. The van der Waals surface area contributed by atoms with Gasteiger partial charge in [-0.15, -0.1) is 0 Å². The first-order valence-electron chi connectivity index (χ1n) is 6.89. The third-order valence-electron chi connectivity index (χ3n) is 3.54. The van der Waals surface area contributed by atoms with Gasteiger partial charge in [-0.05, 0) is 28.8 Å². The van der Waals surface area contributed by atoms with Gasteiger partial charge in [0.2, 0.25) is 0 Å². The maximum Gasteiger partial charge on any atom is 0.0914 e. The van der Waals surface area contributed by atoms with Crippen LogP contribution in [0.4, 0.5) is 0 Å². The number of benzene rings is 1. The molecular formula is C18H16N2O. The van der Waals surface area contributed by atoms with Gasteiger partial charge < -0.3 is 5.11 Å². The number of aliphatic hydroxyl groups is 1. The monoisotopic (exact) mass is 276 g/mol. The summed E-state index contributed by atoms with van der Waals surface area (Å²) in [4.78, 5) is 8.28. The highest BCUT2D eigenvalue weighted by atomic mass is 16.3. The molecule has 0 amide bonds. The topological polar surface area (TPSA) is 46.0 Å². The highest BCUT2D eigenvalue weighted by Gasteiger charge is 2.24. The molecule has 0 saturated heterocycles. The van der Waals surface area contributed by atoms with Crippen LogP contribution in [0.3, 0.4) is 0 Å². The van der Waals surface area contributed by atoms with E-state index in [-0.39, 0.29) is 5.92 Å². The van der Waals surface area contributed by atoms with Gasteiger partial charge in [-0.2, -0.15) is 0 Å². The molecule has 2 heterocycles. The molecule has 0 aliphatic heterocycles. The number of nitrogens with zero attached hydrogens (tertiary/aromatic N) is 2. The molecule has 2 aromatic heterocycles. The Labute approximate surface area is 124 Å². The highest BCUT2D eigenvalue weighted by molar-refractivity contribution is 5.35. The second kappa shape index (κ2) is 6.29. The van der Waals surface area contributed by atoms with E-state index >= 15 is 0 Å². The molecule has 3 nitrogen and oxygen atoms in total. The summed E-state index contributed by atoms with van der Waals surface area (Å²) in [5.74, 6) is -0.163. The predicted molar refractivity (Wildman–Crippen MR) is 81.7 cm³/mol. The molecule has 0 bridgehead atoms. The first-order chi connectivity index (χ1) is 10.4. The van der Waals surface area contributed by atoms with Crippen molar-refractivity contribution in [1.82, 2.24) is 9.97 Å². The zero-order chi connectivity index (χ0) is 14.5. The third kappa shape index (κ3) is 2.98. The largest absolute Gasteiger partial charge is 0.387 e. The van der Waals surface area contributed by atoms with Crippen molar-refractivity contribution in [3.05, 3.63) is 96.1 Å². The summed E-state index contributed by atoms with van der Waals surface area (Å²) >= 11 is 0. The molecule has 0 fully saturated rings. The van der Waals surface area contributed by atoms with E-state index in [2.05, 4.69) is 9.97 Å². The molecule has 104 valence electrons. The van der Waals surface area contributed by atoms with E-state index in [4.69, 9.17) is 0 Å². The van der Waals surface area contributed by atoms with Crippen LogP contribution < -0.4 is 0 Å². The molecule has 3 aromatic rings. The second-order valence-corrected chi connectivity index (χ2v) is 4.91. The van der Waals surface area contributed by atoms with Crippen LogP contribution in [0.25, 0.3) is 0 Å². The molecule has 1 aromatic carbocycles. The lowest BCUT2D eigenvalue weighted by Gasteiger charge is -2.23. The van der Waals surface area contributed by atoms with E-state index < -0.39 is 6.10 Å². The molecule has 1 N–H and O–H groups in total. The van der Waals surface area contributed by atoms with Crippen molar-refractivity contribution in [2.24, 2.45) is 0 Å². The van der Waals surface area contributed by atoms with Gasteiger partial charge in [0.25, 0.3) is 0 Å². The smallest absolute Gasteiger partial charge is 0.0914 e. The van der Waals surface area contributed by atoms with Crippen molar-refractivity contribution in [3.63, 3.8) is 0 Å². The molecule has 21 heavy (non-hydrogen) atoms. The zero-order valence-corrected chi connectivity index (χ0v) is 11.5. The molecule has 0 unspecified atom stereocenters. The molecule has 0 aliphatic rings. The number of rotatable bonds is 4. The van der Waals surface area contributed by atoms with Gasteiger partial charge in [0, 0.05) is 30.7 Å². The van der Waals surface area contributed by atoms with E-state index in [0.717, 1.165) is 16.7 Å². The van der Waals surface area contributed by atoms with Crippen molar-refractivity contribution < 1.29 is 5.11 Å². The number of aliphatic hydroxyl groups excluding tert-OH is 1. The third-order valence-corrected chi connectivity index (χ3v) is 3.54. The Morgan fingerprint density at radius 3 is 1.81 bits per heavy atom. The SMILES string of the molecule is O[C@@H](c1cccnc1)[C@H](c1ccccc1)c1cccnc1. The molecule has 2 atom stereocenters. The standard InChI is InChI=1S/C18H16N2O/c21-18(16-9-5-11-20-13-16)17(14-6-2-1-3-7-14)15-8-4-10-19-12-15/h1-13,17-18,21H/t17-,18+/m1/s1. The molecule has 0 aliphatic carbocycles. The number of pyridine rings is 2. The Balaban J connectivity index is 2.05. The van der Waals surface area contributed by atoms with Gasteiger partial charge in [0.15, 0.2) is 0 Å². The maximum absolute atomic E-state index is 10.8. The van der Waals surface area contributed by atoms with Gasteiger partial charge in [0.05, 0.1) is 6.10 Å². The van der Waals surface area contributed by atoms with E-state index in [1.807, 2.05) is 54.6 Å². The highest BCUT2D eigenvalue weighted by Crippen LogP contribution is 2.35. The Morgan fingerprint density at radius 2 is 1.24 bits per heavy atom. The fourth-order valence-electron chi connectivity index (χ4n) is 2.52. The molecule has 3 heteroatoms. The van der Waals surface area contributed by atoms with Gasteiger partial charge in [-0.1, -0.05) is 42.5 Å². The van der Waals surface area contributed by atoms with Crippen molar-refractivity contribution in [1.29, 1.82) is 0 Å². The van der Waals surface area contributed by atoms with Crippen LogP contribution in [0.1, 0.15) is 28.7 Å². The number of hydrogen-bond acceptors (Lipinski definition) is 3. The normalized spacial score (nSPS) is 13.6. The predicted octanol–water partition coefficient (Wildman–Crippen LogP) is 3.34. The van der Waals surface area contributed by atoms with Crippen LogP contribution in [0.15, 0.2) is 79.4 Å². The van der Waals surface area contributed by atoms with Gasteiger partial charge in [-0.3, -0.25) is 9.97 Å². The minimum Gasteiger partial charge on any atom is -0.387 e. The Morgan fingerprint density at radius 1 is 0.667 bits per heavy atom. The first-order valence-corrected chi connectivity index (χ1v) is 6.89. The Bertz CT molecular complexity index is 632. The van der Waals surface area contributed by atoms with E-state index in [1.54, 1.807) is 24.8 Å². The maximum atomic E-state index is 10.8. The van der Waals surface area contributed by atoms with Crippen molar-refractivity contribution in [3.8, 4) is 0 Å². The van der Waals surface area contributed by atoms with Gasteiger partial charge in [-0.25, -0.2) is 0 Å². The summed E-state index contributed by atoms with van der Waals surface area (Å²) in [6, 6.07) is 17.6. The average molecular weight is 276 g/mol. The molecular weight excluding hydrogens is 260 g/mol. The summed E-state index contributed by atoms with van der Waals surface area (Å²) in [5.41, 5.74) is 2.84. The summed E-state index contributed by atoms with van der Waals surface area (Å²) in [6.45, 7) is 0.